The summed E-state index contributed by atoms with van der Waals surface area (Å²) in [6.45, 7) is 4.88. The molecule has 0 bridgehead atoms. The van der Waals surface area contributed by atoms with Gasteiger partial charge in [-0.25, -0.2) is 0 Å². The van der Waals surface area contributed by atoms with E-state index in [-0.39, 0.29) is 18.1 Å². The molecule has 11 heteroatoms. The first-order chi connectivity index (χ1) is 18.3. The summed E-state index contributed by atoms with van der Waals surface area (Å²) >= 11 is 1.19. The first-order valence-electron chi connectivity index (χ1n) is 11.7. The minimum atomic E-state index is -0.468. The fraction of sp³-hybridized carbons (Fsp3) is 0.222. The number of benzene rings is 2. The number of hydrogen-bond acceptors (Lipinski definition) is 9. The van der Waals surface area contributed by atoms with Gasteiger partial charge in [-0.15, -0.1) is 5.10 Å². The number of methoxy groups -OCH3 is 1. The monoisotopic (exact) mass is 534 g/mol. The Morgan fingerprint density at radius 2 is 1.89 bits per heavy atom. The predicted molar refractivity (Wildman–Crippen MR) is 146 cm³/mol. The number of nitrogens with zero attached hydrogens (tertiary/aromatic N) is 4. The van der Waals surface area contributed by atoms with Crippen molar-refractivity contribution in [3.05, 3.63) is 92.8 Å². The van der Waals surface area contributed by atoms with Crippen LogP contribution in [0.2, 0.25) is 0 Å². The molecule has 2 aromatic carbocycles. The summed E-state index contributed by atoms with van der Waals surface area (Å²) in [5.41, 5.74) is 1.39. The van der Waals surface area contributed by atoms with E-state index in [1.807, 2.05) is 18.2 Å². The maximum absolute atomic E-state index is 13.3. The van der Waals surface area contributed by atoms with E-state index in [9.17, 15) is 14.9 Å². The molecule has 1 aliphatic heterocycles. The zero-order chi connectivity index (χ0) is 27.1. The van der Waals surface area contributed by atoms with E-state index in [2.05, 4.69) is 24.1 Å². The second-order valence-electron chi connectivity index (χ2n) is 8.67. The normalized spacial score (nSPS) is 15.8. The topological polar surface area (TPSA) is 120 Å². The summed E-state index contributed by atoms with van der Waals surface area (Å²) in [5, 5.41) is 19.6. The summed E-state index contributed by atoms with van der Waals surface area (Å²) in [6.07, 6.45) is 4.77. The van der Waals surface area contributed by atoms with Crippen molar-refractivity contribution in [3.8, 4) is 11.5 Å². The van der Waals surface area contributed by atoms with Crippen LogP contribution in [0.15, 0.2) is 80.4 Å². The Hall–Kier alpha value is -4.38. The van der Waals surface area contributed by atoms with Gasteiger partial charge in [0.05, 0.1) is 42.6 Å². The lowest BCUT2D eigenvalue weighted by atomic mass is 10.1. The first-order valence-corrected chi connectivity index (χ1v) is 12.6. The summed E-state index contributed by atoms with van der Waals surface area (Å²) in [6, 6.07) is 14.9. The van der Waals surface area contributed by atoms with Crippen LogP contribution >= 0.6 is 11.8 Å². The van der Waals surface area contributed by atoms with Gasteiger partial charge in [-0.2, -0.15) is 5.10 Å². The fourth-order valence-electron chi connectivity index (χ4n) is 3.41. The van der Waals surface area contributed by atoms with Crippen LogP contribution in [0, 0.1) is 16.0 Å². The number of ether oxygens (including phenoxy) is 2. The van der Waals surface area contributed by atoms with Crippen LogP contribution in [-0.4, -0.2) is 40.8 Å². The van der Waals surface area contributed by atoms with Crippen molar-refractivity contribution in [1.82, 2.24) is 4.90 Å². The van der Waals surface area contributed by atoms with Crippen molar-refractivity contribution in [2.24, 2.45) is 16.1 Å². The largest absolute Gasteiger partial charge is 0.493 e. The van der Waals surface area contributed by atoms with Gasteiger partial charge >= 0.3 is 0 Å². The number of non-ortho nitro benzene ring substituents is 1. The molecule has 0 saturated carbocycles. The van der Waals surface area contributed by atoms with Gasteiger partial charge in [0.1, 0.15) is 5.76 Å². The average molecular weight is 535 g/mol. The molecule has 0 radical (unpaired) electrons. The van der Waals surface area contributed by atoms with Crippen LogP contribution in [-0.2, 0) is 11.3 Å². The van der Waals surface area contributed by atoms with Crippen LogP contribution in [0.5, 0.6) is 11.5 Å². The molecular formula is C27H26N4O6S. The number of thioether (sulfide) groups is 1. The Morgan fingerprint density at radius 1 is 1.13 bits per heavy atom. The smallest absolute Gasteiger partial charge is 0.269 e. The lowest BCUT2D eigenvalue weighted by Crippen LogP contribution is -2.28. The second-order valence-corrected chi connectivity index (χ2v) is 9.68. The molecule has 10 nitrogen and oxygen atoms in total. The number of hydrogen-bond donors (Lipinski definition) is 0. The molecule has 0 N–H and O–H groups in total. The lowest BCUT2D eigenvalue weighted by Gasteiger charge is -2.13. The maximum atomic E-state index is 13.3. The lowest BCUT2D eigenvalue weighted by molar-refractivity contribution is -0.384. The third-order valence-electron chi connectivity index (χ3n) is 5.29. The van der Waals surface area contributed by atoms with E-state index < -0.39 is 4.92 Å². The summed E-state index contributed by atoms with van der Waals surface area (Å²) in [7, 11) is 1.57. The van der Waals surface area contributed by atoms with Crippen LogP contribution in [0.3, 0.4) is 0 Å². The zero-order valence-electron chi connectivity index (χ0n) is 21.1. The molecule has 0 aliphatic carbocycles. The Balaban J connectivity index is 1.58. The van der Waals surface area contributed by atoms with Gasteiger partial charge in [-0.1, -0.05) is 19.9 Å². The van der Waals surface area contributed by atoms with E-state index in [1.54, 1.807) is 43.7 Å². The minimum absolute atomic E-state index is 0.0130. The van der Waals surface area contributed by atoms with Crippen molar-refractivity contribution in [3.63, 3.8) is 0 Å². The number of carbonyl (C=O) groups excluding carboxylic acids is 1. The van der Waals surface area contributed by atoms with Gasteiger partial charge in [0.25, 0.3) is 11.6 Å². The molecule has 0 atom stereocenters. The number of furan rings is 1. The first kappa shape index (κ1) is 26.7. The van der Waals surface area contributed by atoms with Gasteiger partial charge in [0.15, 0.2) is 16.7 Å². The highest BCUT2D eigenvalue weighted by Gasteiger charge is 2.34. The Morgan fingerprint density at radius 3 is 2.55 bits per heavy atom. The van der Waals surface area contributed by atoms with Gasteiger partial charge in [0, 0.05) is 12.1 Å². The van der Waals surface area contributed by atoms with Crippen molar-refractivity contribution in [2.45, 2.75) is 20.4 Å². The van der Waals surface area contributed by atoms with Crippen LogP contribution in [0.4, 0.5) is 5.69 Å². The quantitative estimate of drug-likeness (QED) is 0.141. The second kappa shape index (κ2) is 12.2. The van der Waals surface area contributed by atoms with Crippen molar-refractivity contribution >= 4 is 40.8 Å². The van der Waals surface area contributed by atoms with Gasteiger partial charge < -0.3 is 13.9 Å². The third-order valence-corrected chi connectivity index (χ3v) is 6.29. The molecule has 3 aromatic rings. The maximum Gasteiger partial charge on any atom is 0.269 e. The van der Waals surface area contributed by atoms with E-state index in [0.29, 0.717) is 45.4 Å². The number of amides is 1. The molecule has 0 spiro atoms. The molecule has 1 aromatic heterocycles. The number of nitro groups is 1. The molecule has 0 unspecified atom stereocenters. The molecule has 2 heterocycles. The van der Waals surface area contributed by atoms with Crippen LogP contribution in [0.25, 0.3) is 6.08 Å². The van der Waals surface area contributed by atoms with E-state index in [1.165, 1.54) is 35.0 Å². The minimum Gasteiger partial charge on any atom is -0.493 e. The van der Waals surface area contributed by atoms with E-state index >= 15 is 0 Å². The standard InChI is InChI=1S/C27H26N4O6S/c1-18(2)17-37-23-11-8-20(13-24(23)35-3)14-25-26(32)30(16-22-5-4-12-36-22)27(38-25)29-28-15-19-6-9-21(10-7-19)31(33)34/h4-15,18H,16-17H2,1-3H3/b25-14-,28-15-,29-27+. The van der Waals surface area contributed by atoms with Gasteiger partial charge in [-0.3, -0.25) is 19.8 Å². The number of amidine groups is 1. The highest BCUT2D eigenvalue weighted by molar-refractivity contribution is 8.18. The molecule has 196 valence electrons. The molecular weight excluding hydrogens is 508 g/mol. The Labute approximate surface area is 223 Å². The van der Waals surface area contributed by atoms with Gasteiger partial charge in [-0.05, 0) is 71.3 Å². The fourth-order valence-corrected chi connectivity index (χ4v) is 4.34. The van der Waals surface area contributed by atoms with Gasteiger partial charge in [0.2, 0.25) is 0 Å². The van der Waals surface area contributed by atoms with Crippen LogP contribution in [0.1, 0.15) is 30.7 Å². The molecule has 1 saturated heterocycles. The highest BCUT2D eigenvalue weighted by atomic mass is 32.2. The Kier molecular flexibility index (Phi) is 8.59. The molecule has 38 heavy (non-hydrogen) atoms. The number of rotatable bonds is 10. The highest BCUT2D eigenvalue weighted by Crippen LogP contribution is 2.35. The third kappa shape index (κ3) is 6.68. The number of carbonyl (C=O) groups is 1. The van der Waals surface area contributed by atoms with E-state index in [0.717, 1.165) is 5.56 Å². The zero-order valence-corrected chi connectivity index (χ0v) is 21.9. The molecule has 1 aliphatic rings. The number of nitro benzene ring substituents is 1. The Bertz CT molecular complexity index is 1380. The summed E-state index contributed by atoms with van der Waals surface area (Å²) in [5.74, 6) is 1.94. The molecule has 4 rings (SSSR count). The van der Waals surface area contributed by atoms with E-state index in [4.69, 9.17) is 13.9 Å². The van der Waals surface area contributed by atoms with Crippen LogP contribution < -0.4 is 9.47 Å². The SMILES string of the molecule is COc1cc(/C=C2\S/C(=N/N=C\c3ccc([N+](=O)[O-])cc3)N(Cc3ccco3)C2=O)ccc1OCC(C)C. The predicted octanol–water partition coefficient (Wildman–Crippen LogP) is 5.74. The summed E-state index contributed by atoms with van der Waals surface area (Å²) in [4.78, 5) is 25.6. The average Bonchev–Trinajstić information content (AvgIpc) is 3.52. The van der Waals surface area contributed by atoms with Crippen molar-refractivity contribution in [2.75, 3.05) is 13.7 Å². The van der Waals surface area contributed by atoms with Crippen molar-refractivity contribution in [1.29, 1.82) is 0 Å². The molecule has 1 amide bonds. The summed E-state index contributed by atoms with van der Waals surface area (Å²) < 4.78 is 16.7. The van der Waals surface area contributed by atoms with Crippen molar-refractivity contribution < 1.29 is 23.6 Å². The molecule has 1 fully saturated rings.